The summed E-state index contributed by atoms with van der Waals surface area (Å²) in [6.07, 6.45) is 5.23. The lowest BCUT2D eigenvalue weighted by atomic mass is 10.00. The number of amides is 1. The van der Waals surface area contributed by atoms with Crippen LogP contribution in [0.5, 0.6) is 5.75 Å². The number of halogens is 1. The molecule has 3 aromatic rings. The van der Waals surface area contributed by atoms with Gasteiger partial charge in [0.2, 0.25) is 0 Å². The Morgan fingerprint density at radius 1 is 1.17 bits per heavy atom. The van der Waals surface area contributed by atoms with Gasteiger partial charge in [-0.15, -0.1) is 0 Å². The molecule has 0 aliphatic carbocycles. The van der Waals surface area contributed by atoms with E-state index in [1.807, 2.05) is 16.8 Å². The number of hydrogen-bond acceptors (Lipinski definition) is 5. The molecule has 35 heavy (non-hydrogen) atoms. The number of carboxylic acid groups (broad SMARTS) is 1. The second-order valence-corrected chi connectivity index (χ2v) is 9.09. The topological polar surface area (TPSA) is 108 Å². The zero-order chi connectivity index (χ0) is 24.5. The zero-order valence-electron chi connectivity index (χ0n) is 19.2. The molecular weight excluding hydrogens is 451 g/mol. The van der Waals surface area contributed by atoms with Crippen molar-refractivity contribution in [2.45, 2.75) is 44.7 Å². The number of aromatic hydroxyl groups is 1. The van der Waals surface area contributed by atoms with E-state index >= 15 is 0 Å². The Morgan fingerprint density at radius 3 is 2.83 bits per heavy atom. The molecule has 5 rings (SSSR count). The minimum Gasteiger partial charge on any atom is -0.505 e. The lowest BCUT2D eigenvalue weighted by molar-refractivity contribution is -0.138. The molecule has 1 aromatic carbocycles. The number of carbonyl (C=O) groups excluding carboxylic acids is 1. The van der Waals surface area contributed by atoms with Crippen molar-refractivity contribution in [3.63, 3.8) is 0 Å². The third kappa shape index (κ3) is 4.71. The van der Waals surface area contributed by atoms with Gasteiger partial charge in [0.25, 0.3) is 5.91 Å². The second kappa shape index (κ2) is 9.40. The predicted molar refractivity (Wildman–Crippen MR) is 127 cm³/mol. The van der Waals surface area contributed by atoms with Gasteiger partial charge in [-0.1, -0.05) is 12.1 Å². The molecular formula is C26H27FN4O4. The monoisotopic (exact) mass is 478 g/mol. The van der Waals surface area contributed by atoms with Gasteiger partial charge in [-0.2, -0.15) is 0 Å². The van der Waals surface area contributed by atoms with Gasteiger partial charge < -0.3 is 25.0 Å². The molecule has 2 aliphatic heterocycles. The number of rotatable bonds is 7. The molecule has 0 fully saturated rings. The fraction of sp³-hybridized carbons (Fsp3) is 0.346. The van der Waals surface area contributed by atoms with Crippen LogP contribution in [0.25, 0.3) is 0 Å². The van der Waals surface area contributed by atoms with E-state index < -0.39 is 23.6 Å². The van der Waals surface area contributed by atoms with Gasteiger partial charge >= 0.3 is 5.97 Å². The number of phenolic OH excluding ortho intramolecular Hbond substituents is 1. The first-order chi connectivity index (χ1) is 16.9. The number of phenols is 1. The van der Waals surface area contributed by atoms with E-state index in [9.17, 15) is 24.2 Å². The lowest BCUT2D eigenvalue weighted by Gasteiger charge is -2.35. The summed E-state index contributed by atoms with van der Waals surface area (Å²) in [5, 5.41) is 22.3. The maximum absolute atomic E-state index is 14.0. The molecule has 0 bridgehead atoms. The van der Waals surface area contributed by atoms with Gasteiger partial charge in [-0.3, -0.25) is 9.59 Å². The molecule has 4 heterocycles. The standard InChI is InChI=1S/C26H27FN4O4/c27-20-13-18(5-8-23(20)32)21(14-24(33)34)31-11-10-30-15-16(12-22(30)26(31)35)3-6-19-7-4-17-2-1-9-28-25(17)29-19/h4-5,7-8,12-13,15,21,32H,1-3,6,9-11,14H2,(H,28,29)(H,33,34)/t21-/m0/s1. The van der Waals surface area contributed by atoms with Crippen molar-refractivity contribution in [1.82, 2.24) is 14.5 Å². The Morgan fingerprint density at radius 2 is 2.03 bits per heavy atom. The molecule has 182 valence electrons. The van der Waals surface area contributed by atoms with Crippen LogP contribution in [0.1, 0.15) is 51.8 Å². The lowest BCUT2D eigenvalue weighted by Crippen LogP contribution is -2.43. The van der Waals surface area contributed by atoms with Gasteiger partial charge in [0.05, 0.1) is 12.5 Å². The van der Waals surface area contributed by atoms with Crippen LogP contribution in [-0.2, 0) is 30.6 Å². The number of carboxylic acids is 1. The van der Waals surface area contributed by atoms with Crippen LogP contribution in [-0.4, -0.2) is 49.6 Å². The Bertz CT molecular complexity index is 1290. The molecule has 0 unspecified atom stereocenters. The van der Waals surface area contributed by atoms with Crippen molar-refractivity contribution < 1.29 is 24.2 Å². The molecule has 9 heteroatoms. The number of aryl methyl sites for hydroxylation is 3. The molecule has 2 aromatic heterocycles. The maximum atomic E-state index is 14.0. The second-order valence-electron chi connectivity index (χ2n) is 9.09. The highest BCUT2D eigenvalue weighted by Gasteiger charge is 2.33. The summed E-state index contributed by atoms with van der Waals surface area (Å²) in [4.78, 5) is 31.1. The molecule has 2 aliphatic rings. The fourth-order valence-electron chi connectivity index (χ4n) is 4.92. The van der Waals surface area contributed by atoms with Crippen LogP contribution in [0, 0.1) is 5.82 Å². The van der Waals surface area contributed by atoms with E-state index in [2.05, 4.69) is 17.4 Å². The minimum atomic E-state index is -1.09. The first kappa shape index (κ1) is 22.9. The number of nitrogens with one attached hydrogen (secondary N) is 1. The summed E-state index contributed by atoms with van der Waals surface area (Å²) in [6, 6.07) is 8.93. The molecule has 3 N–H and O–H groups in total. The SMILES string of the molecule is O=C(O)C[C@@H](c1ccc(O)c(F)c1)N1CCn2cc(CCc3ccc4c(n3)NCCC4)cc2C1=O. The number of anilines is 1. The van der Waals surface area contributed by atoms with E-state index in [0.29, 0.717) is 24.3 Å². The smallest absolute Gasteiger partial charge is 0.305 e. The highest BCUT2D eigenvalue weighted by Crippen LogP contribution is 2.31. The van der Waals surface area contributed by atoms with Crippen molar-refractivity contribution in [1.29, 1.82) is 0 Å². The van der Waals surface area contributed by atoms with E-state index in [0.717, 1.165) is 55.4 Å². The summed E-state index contributed by atoms with van der Waals surface area (Å²) >= 11 is 0. The molecule has 0 spiro atoms. The van der Waals surface area contributed by atoms with E-state index in [1.54, 1.807) is 0 Å². The number of hydrogen-bond donors (Lipinski definition) is 3. The summed E-state index contributed by atoms with van der Waals surface area (Å²) in [7, 11) is 0. The van der Waals surface area contributed by atoms with E-state index in [-0.39, 0.29) is 12.3 Å². The van der Waals surface area contributed by atoms with Crippen molar-refractivity contribution in [2.75, 3.05) is 18.4 Å². The van der Waals surface area contributed by atoms with E-state index in [4.69, 9.17) is 4.98 Å². The molecule has 0 saturated heterocycles. The molecule has 1 amide bonds. The van der Waals surface area contributed by atoms with Crippen LogP contribution in [0.15, 0.2) is 42.6 Å². The summed E-state index contributed by atoms with van der Waals surface area (Å²) < 4.78 is 15.9. The van der Waals surface area contributed by atoms with Crippen LogP contribution in [0.3, 0.4) is 0 Å². The van der Waals surface area contributed by atoms with Crippen molar-refractivity contribution >= 4 is 17.7 Å². The quantitative estimate of drug-likeness (QED) is 0.480. The number of carbonyl (C=O) groups is 2. The Balaban J connectivity index is 1.33. The predicted octanol–water partition coefficient (Wildman–Crippen LogP) is 3.54. The highest BCUT2D eigenvalue weighted by molar-refractivity contribution is 5.94. The van der Waals surface area contributed by atoms with Crippen molar-refractivity contribution in [3.05, 3.63) is 76.5 Å². The Labute approximate surface area is 202 Å². The van der Waals surface area contributed by atoms with Crippen LogP contribution < -0.4 is 5.32 Å². The number of nitrogens with zero attached hydrogens (tertiary/aromatic N) is 3. The van der Waals surface area contributed by atoms with Gasteiger partial charge in [0, 0.05) is 31.5 Å². The van der Waals surface area contributed by atoms with E-state index in [1.165, 1.54) is 22.6 Å². The third-order valence-electron chi connectivity index (χ3n) is 6.74. The number of aliphatic carboxylic acids is 1. The number of benzene rings is 1. The van der Waals surface area contributed by atoms with Crippen LogP contribution >= 0.6 is 0 Å². The van der Waals surface area contributed by atoms with Crippen molar-refractivity contribution in [3.8, 4) is 5.75 Å². The molecule has 8 nitrogen and oxygen atoms in total. The Hall–Kier alpha value is -3.88. The minimum absolute atomic E-state index is 0.293. The van der Waals surface area contributed by atoms with Crippen molar-refractivity contribution in [2.24, 2.45) is 0 Å². The Kier molecular flexibility index (Phi) is 6.15. The normalized spacial score (nSPS) is 15.8. The zero-order valence-corrected chi connectivity index (χ0v) is 19.2. The third-order valence-corrected chi connectivity index (χ3v) is 6.74. The van der Waals surface area contributed by atoms with Crippen LogP contribution in [0.2, 0.25) is 0 Å². The first-order valence-corrected chi connectivity index (χ1v) is 11.8. The number of pyridine rings is 1. The fourth-order valence-corrected chi connectivity index (χ4v) is 4.92. The largest absolute Gasteiger partial charge is 0.505 e. The van der Waals surface area contributed by atoms with Gasteiger partial charge in [-0.05, 0) is 66.6 Å². The average molecular weight is 479 g/mol. The highest BCUT2D eigenvalue weighted by atomic mass is 19.1. The number of aromatic nitrogens is 2. The summed E-state index contributed by atoms with van der Waals surface area (Å²) in [5.41, 5.74) is 4.07. The summed E-state index contributed by atoms with van der Waals surface area (Å²) in [5.74, 6) is -1.79. The van der Waals surface area contributed by atoms with Gasteiger partial charge in [0.15, 0.2) is 11.6 Å². The number of fused-ring (bicyclic) bond motifs is 2. The molecule has 0 saturated carbocycles. The summed E-state index contributed by atoms with van der Waals surface area (Å²) in [6.45, 7) is 1.76. The molecule has 1 atom stereocenters. The van der Waals surface area contributed by atoms with Gasteiger partial charge in [0.1, 0.15) is 11.5 Å². The van der Waals surface area contributed by atoms with Crippen LogP contribution in [0.4, 0.5) is 10.2 Å². The maximum Gasteiger partial charge on any atom is 0.305 e. The van der Waals surface area contributed by atoms with Gasteiger partial charge in [-0.25, -0.2) is 9.37 Å². The first-order valence-electron chi connectivity index (χ1n) is 11.8. The molecule has 0 radical (unpaired) electrons. The average Bonchev–Trinajstić information content (AvgIpc) is 3.27.